The van der Waals surface area contributed by atoms with Gasteiger partial charge in [0.2, 0.25) is 0 Å². The van der Waals surface area contributed by atoms with E-state index in [9.17, 15) is 9.59 Å². The summed E-state index contributed by atoms with van der Waals surface area (Å²) in [5.74, 6) is -0.0550. The van der Waals surface area contributed by atoms with E-state index in [4.69, 9.17) is 27.9 Å². The van der Waals surface area contributed by atoms with Gasteiger partial charge >= 0.3 is 0 Å². The molecule has 0 unspecified atom stereocenters. The molecule has 0 fully saturated rings. The van der Waals surface area contributed by atoms with Crippen molar-refractivity contribution >= 4 is 46.4 Å². The third-order valence-corrected chi connectivity index (χ3v) is 4.86. The van der Waals surface area contributed by atoms with Gasteiger partial charge in [0.05, 0.1) is 0 Å². The van der Waals surface area contributed by atoms with Crippen molar-refractivity contribution in [3.05, 3.63) is 87.4 Å². The van der Waals surface area contributed by atoms with Gasteiger partial charge in [-0.15, -0.1) is 0 Å². The predicted octanol–water partition coefficient (Wildman–Crippen LogP) is 5.88. The van der Waals surface area contributed by atoms with Crippen molar-refractivity contribution < 1.29 is 14.3 Å². The smallest absolute Gasteiger partial charge is 0.262 e. The molecule has 5 nitrogen and oxygen atoms in total. The van der Waals surface area contributed by atoms with Crippen LogP contribution in [-0.4, -0.2) is 18.4 Å². The van der Waals surface area contributed by atoms with E-state index in [0.29, 0.717) is 32.7 Å². The molecule has 0 aliphatic carbocycles. The lowest BCUT2D eigenvalue weighted by Gasteiger charge is -2.11. The number of carbonyl (C=O) groups is 2. The van der Waals surface area contributed by atoms with Crippen LogP contribution in [0.5, 0.6) is 5.75 Å². The molecule has 0 saturated carbocycles. The van der Waals surface area contributed by atoms with Gasteiger partial charge in [0.25, 0.3) is 11.8 Å². The zero-order valence-electron chi connectivity index (χ0n) is 16.5. The third kappa shape index (κ3) is 5.75. The summed E-state index contributed by atoms with van der Waals surface area (Å²) >= 11 is 11.9. The Morgan fingerprint density at radius 1 is 0.800 bits per heavy atom. The highest BCUT2D eigenvalue weighted by Crippen LogP contribution is 2.21. The first-order valence-electron chi connectivity index (χ1n) is 9.18. The van der Waals surface area contributed by atoms with E-state index in [2.05, 4.69) is 10.6 Å². The number of ether oxygens (including phenoxy) is 1. The summed E-state index contributed by atoms with van der Waals surface area (Å²) in [6.07, 6.45) is 0. The molecule has 3 rings (SSSR count). The number of halogens is 2. The molecule has 0 radical (unpaired) electrons. The van der Waals surface area contributed by atoms with E-state index in [1.54, 1.807) is 60.7 Å². The number of nitrogens with one attached hydrogen (secondary N) is 2. The maximum absolute atomic E-state index is 12.4. The Bertz CT molecular complexity index is 1080. The lowest BCUT2D eigenvalue weighted by Crippen LogP contribution is -2.20. The first kappa shape index (κ1) is 21.7. The Morgan fingerprint density at radius 3 is 1.87 bits per heavy atom. The molecule has 30 heavy (non-hydrogen) atoms. The van der Waals surface area contributed by atoms with Gasteiger partial charge in [-0.25, -0.2) is 0 Å². The van der Waals surface area contributed by atoms with Crippen LogP contribution in [0, 0.1) is 13.8 Å². The molecule has 0 bridgehead atoms. The molecule has 0 heterocycles. The van der Waals surface area contributed by atoms with Crippen LogP contribution < -0.4 is 15.4 Å². The summed E-state index contributed by atoms with van der Waals surface area (Å²) < 4.78 is 5.50. The molecule has 0 spiro atoms. The highest BCUT2D eigenvalue weighted by Gasteiger charge is 2.10. The summed E-state index contributed by atoms with van der Waals surface area (Å²) in [6, 6.07) is 17.0. The average molecular weight is 443 g/mol. The van der Waals surface area contributed by atoms with E-state index < -0.39 is 0 Å². The Kier molecular flexibility index (Phi) is 6.98. The number of amides is 2. The summed E-state index contributed by atoms with van der Waals surface area (Å²) in [4.78, 5) is 24.5. The number of hydrogen-bond donors (Lipinski definition) is 2. The van der Waals surface area contributed by atoms with Crippen molar-refractivity contribution in [2.45, 2.75) is 13.8 Å². The molecule has 3 aromatic rings. The molecule has 0 aliphatic heterocycles. The van der Waals surface area contributed by atoms with E-state index in [-0.39, 0.29) is 18.4 Å². The molecule has 2 N–H and O–H groups in total. The van der Waals surface area contributed by atoms with Gasteiger partial charge in [-0.1, -0.05) is 23.2 Å². The van der Waals surface area contributed by atoms with Crippen molar-refractivity contribution in [1.82, 2.24) is 0 Å². The van der Waals surface area contributed by atoms with E-state index >= 15 is 0 Å². The Labute approximate surface area is 185 Å². The first-order chi connectivity index (χ1) is 14.3. The summed E-state index contributed by atoms with van der Waals surface area (Å²) in [7, 11) is 0. The summed E-state index contributed by atoms with van der Waals surface area (Å²) in [5.41, 5.74) is 3.58. The van der Waals surface area contributed by atoms with Crippen molar-refractivity contribution in [2.75, 3.05) is 17.2 Å². The fourth-order valence-corrected chi connectivity index (χ4v) is 3.22. The molecule has 0 saturated heterocycles. The average Bonchev–Trinajstić information content (AvgIpc) is 2.71. The monoisotopic (exact) mass is 442 g/mol. The molecular weight excluding hydrogens is 423 g/mol. The molecule has 0 atom stereocenters. The first-order valence-corrected chi connectivity index (χ1v) is 9.94. The molecule has 7 heteroatoms. The SMILES string of the molecule is Cc1cc(Cl)ccc1NC(=O)COc1ccc(C(=O)Nc2ccc(Cl)cc2C)cc1. The lowest BCUT2D eigenvalue weighted by atomic mass is 10.1. The van der Waals surface area contributed by atoms with Crippen LogP contribution in [-0.2, 0) is 4.79 Å². The van der Waals surface area contributed by atoms with Crippen molar-refractivity contribution in [2.24, 2.45) is 0 Å². The number of rotatable bonds is 6. The summed E-state index contributed by atoms with van der Waals surface area (Å²) in [6.45, 7) is 3.57. The van der Waals surface area contributed by atoms with Crippen molar-refractivity contribution in [1.29, 1.82) is 0 Å². The minimum absolute atomic E-state index is 0.155. The second-order valence-electron chi connectivity index (χ2n) is 6.73. The van der Waals surface area contributed by atoms with Crippen LogP contribution in [0.1, 0.15) is 21.5 Å². The van der Waals surface area contributed by atoms with Gasteiger partial charge in [0.15, 0.2) is 6.61 Å². The maximum atomic E-state index is 12.4. The molecule has 154 valence electrons. The third-order valence-electron chi connectivity index (χ3n) is 4.39. The number of aryl methyl sites for hydroxylation is 2. The number of anilines is 2. The zero-order chi connectivity index (χ0) is 21.7. The van der Waals surface area contributed by atoms with Crippen LogP contribution in [0.3, 0.4) is 0 Å². The van der Waals surface area contributed by atoms with Gasteiger partial charge < -0.3 is 15.4 Å². The van der Waals surface area contributed by atoms with Crippen LogP contribution in [0.25, 0.3) is 0 Å². The zero-order valence-corrected chi connectivity index (χ0v) is 18.0. The van der Waals surface area contributed by atoms with E-state index in [1.807, 2.05) is 13.8 Å². The molecular formula is C23H20Cl2N2O3. The quantitative estimate of drug-likeness (QED) is 0.500. The highest BCUT2D eigenvalue weighted by molar-refractivity contribution is 6.31. The van der Waals surface area contributed by atoms with Crippen LogP contribution in [0.15, 0.2) is 60.7 Å². The lowest BCUT2D eigenvalue weighted by molar-refractivity contribution is -0.118. The van der Waals surface area contributed by atoms with Crippen LogP contribution >= 0.6 is 23.2 Å². The Balaban J connectivity index is 1.55. The van der Waals surface area contributed by atoms with E-state index in [0.717, 1.165) is 11.1 Å². The van der Waals surface area contributed by atoms with E-state index in [1.165, 1.54) is 0 Å². The number of benzene rings is 3. The van der Waals surface area contributed by atoms with Gasteiger partial charge in [0.1, 0.15) is 5.75 Å². The summed E-state index contributed by atoms with van der Waals surface area (Å²) in [5, 5.41) is 6.85. The Hall–Kier alpha value is -3.02. The topological polar surface area (TPSA) is 67.4 Å². The second kappa shape index (κ2) is 9.65. The van der Waals surface area contributed by atoms with Crippen molar-refractivity contribution in [3.63, 3.8) is 0 Å². The van der Waals surface area contributed by atoms with Crippen molar-refractivity contribution in [3.8, 4) is 5.75 Å². The number of carbonyl (C=O) groups excluding carboxylic acids is 2. The largest absolute Gasteiger partial charge is 0.484 e. The minimum Gasteiger partial charge on any atom is -0.484 e. The van der Waals surface area contributed by atoms with Gasteiger partial charge in [-0.05, 0) is 85.6 Å². The fourth-order valence-electron chi connectivity index (χ4n) is 2.77. The van der Waals surface area contributed by atoms with Gasteiger partial charge in [0, 0.05) is 27.0 Å². The Morgan fingerprint density at radius 2 is 1.33 bits per heavy atom. The molecule has 0 aromatic heterocycles. The standard InChI is InChI=1S/C23H20Cl2N2O3/c1-14-11-17(24)5-9-20(14)26-22(28)13-30-19-7-3-16(4-8-19)23(29)27-21-10-6-18(25)12-15(21)2/h3-12H,13H2,1-2H3,(H,26,28)(H,27,29). The molecule has 2 amide bonds. The van der Waals surface area contributed by atoms with Crippen LogP contribution in [0.4, 0.5) is 11.4 Å². The normalized spacial score (nSPS) is 10.4. The maximum Gasteiger partial charge on any atom is 0.262 e. The second-order valence-corrected chi connectivity index (χ2v) is 7.61. The number of hydrogen-bond acceptors (Lipinski definition) is 3. The van der Waals surface area contributed by atoms with Gasteiger partial charge in [-0.3, -0.25) is 9.59 Å². The predicted molar refractivity (Wildman–Crippen MR) is 121 cm³/mol. The highest BCUT2D eigenvalue weighted by atomic mass is 35.5. The fraction of sp³-hybridized carbons (Fsp3) is 0.130. The van der Waals surface area contributed by atoms with Gasteiger partial charge in [-0.2, -0.15) is 0 Å². The minimum atomic E-state index is -0.291. The molecule has 0 aliphatic rings. The molecule has 3 aromatic carbocycles. The van der Waals surface area contributed by atoms with Crippen LogP contribution in [0.2, 0.25) is 10.0 Å².